The largest absolute Gasteiger partial charge is 0.444 e. The zero-order valence-corrected chi connectivity index (χ0v) is 13.4. The predicted octanol–water partition coefficient (Wildman–Crippen LogP) is 2.96. The third kappa shape index (κ3) is 4.86. The smallest absolute Gasteiger partial charge is 0.407 e. The number of nitrogens with zero attached hydrogens (tertiary/aromatic N) is 2. The van der Waals surface area contributed by atoms with E-state index in [9.17, 15) is 9.18 Å². The maximum Gasteiger partial charge on any atom is 0.407 e. The van der Waals surface area contributed by atoms with Crippen LogP contribution >= 0.6 is 0 Å². The number of aromatic nitrogens is 1. The molecule has 1 amide bonds. The SMILES string of the molecule is CC(C)(C)OC(=O)NC[C@@H]1CCCN(c2ncccc2F)C1. The Bertz CT molecular complexity index is 516. The number of carbonyl (C=O) groups excluding carboxylic acids is 1. The Morgan fingerprint density at radius 1 is 1.55 bits per heavy atom. The molecule has 0 aromatic carbocycles. The Morgan fingerprint density at radius 3 is 3.00 bits per heavy atom. The molecule has 122 valence electrons. The summed E-state index contributed by atoms with van der Waals surface area (Å²) in [6, 6.07) is 3.01. The minimum Gasteiger partial charge on any atom is -0.444 e. The molecule has 0 spiro atoms. The molecule has 2 heterocycles. The van der Waals surface area contributed by atoms with Crippen molar-refractivity contribution < 1.29 is 13.9 Å². The summed E-state index contributed by atoms with van der Waals surface area (Å²) in [6.45, 7) is 7.50. The van der Waals surface area contributed by atoms with Gasteiger partial charge in [0.15, 0.2) is 11.6 Å². The van der Waals surface area contributed by atoms with Crippen LogP contribution in [0.5, 0.6) is 0 Å². The van der Waals surface area contributed by atoms with Crippen molar-refractivity contribution in [1.29, 1.82) is 0 Å². The first-order chi connectivity index (χ1) is 10.3. The van der Waals surface area contributed by atoms with E-state index in [-0.39, 0.29) is 11.7 Å². The molecule has 1 aliphatic rings. The van der Waals surface area contributed by atoms with E-state index in [2.05, 4.69) is 10.3 Å². The molecule has 6 heteroatoms. The second kappa shape index (κ2) is 6.94. The van der Waals surface area contributed by atoms with Crippen LogP contribution in [0.15, 0.2) is 18.3 Å². The first kappa shape index (κ1) is 16.5. The summed E-state index contributed by atoms with van der Waals surface area (Å²) >= 11 is 0. The summed E-state index contributed by atoms with van der Waals surface area (Å²) in [4.78, 5) is 17.8. The number of amides is 1. The van der Waals surface area contributed by atoms with Crippen molar-refractivity contribution >= 4 is 11.9 Å². The first-order valence-corrected chi connectivity index (χ1v) is 7.67. The number of piperidine rings is 1. The van der Waals surface area contributed by atoms with Crippen LogP contribution in [0.2, 0.25) is 0 Å². The lowest BCUT2D eigenvalue weighted by Gasteiger charge is -2.33. The molecule has 1 aliphatic heterocycles. The number of carbonyl (C=O) groups is 1. The van der Waals surface area contributed by atoms with Gasteiger partial charge in [-0.1, -0.05) is 0 Å². The van der Waals surface area contributed by atoms with E-state index in [1.54, 1.807) is 12.3 Å². The molecule has 1 N–H and O–H groups in total. The van der Waals surface area contributed by atoms with E-state index >= 15 is 0 Å². The molecule has 1 saturated heterocycles. The van der Waals surface area contributed by atoms with Crippen LogP contribution in [0.25, 0.3) is 0 Å². The van der Waals surface area contributed by atoms with Crippen molar-refractivity contribution in [3.63, 3.8) is 0 Å². The summed E-state index contributed by atoms with van der Waals surface area (Å²) in [5, 5.41) is 2.79. The highest BCUT2D eigenvalue weighted by Gasteiger charge is 2.24. The van der Waals surface area contributed by atoms with Crippen LogP contribution in [0, 0.1) is 11.7 Å². The number of nitrogens with one attached hydrogen (secondary N) is 1. The molecular formula is C16H24FN3O2. The Labute approximate surface area is 130 Å². The van der Waals surface area contributed by atoms with Gasteiger partial charge in [0.2, 0.25) is 0 Å². The fourth-order valence-corrected chi connectivity index (χ4v) is 2.58. The quantitative estimate of drug-likeness (QED) is 0.932. The summed E-state index contributed by atoms with van der Waals surface area (Å²) in [6.07, 6.45) is 3.15. The molecule has 0 radical (unpaired) electrons. The van der Waals surface area contributed by atoms with E-state index in [4.69, 9.17) is 4.74 Å². The van der Waals surface area contributed by atoms with Crippen LogP contribution in [0.3, 0.4) is 0 Å². The maximum atomic E-state index is 13.8. The Morgan fingerprint density at radius 2 is 2.32 bits per heavy atom. The lowest BCUT2D eigenvalue weighted by Crippen LogP contribution is -2.42. The summed E-state index contributed by atoms with van der Waals surface area (Å²) in [7, 11) is 0. The summed E-state index contributed by atoms with van der Waals surface area (Å²) in [5.74, 6) is 0.357. The minimum atomic E-state index is -0.500. The van der Waals surface area contributed by atoms with Gasteiger partial charge in [-0.15, -0.1) is 0 Å². The predicted molar refractivity (Wildman–Crippen MR) is 83.4 cm³/mol. The molecule has 2 rings (SSSR count). The lowest BCUT2D eigenvalue weighted by molar-refractivity contribution is 0.0517. The number of ether oxygens (including phenoxy) is 1. The van der Waals surface area contributed by atoms with Gasteiger partial charge in [-0.2, -0.15) is 0 Å². The monoisotopic (exact) mass is 309 g/mol. The first-order valence-electron chi connectivity index (χ1n) is 7.67. The van der Waals surface area contributed by atoms with Crippen molar-refractivity contribution in [1.82, 2.24) is 10.3 Å². The normalized spacial score (nSPS) is 18.9. The second-order valence-electron chi connectivity index (χ2n) is 6.65. The number of alkyl carbamates (subject to hydrolysis) is 1. The molecule has 0 aliphatic carbocycles. The van der Waals surface area contributed by atoms with Crippen LogP contribution in [0.1, 0.15) is 33.6 Å². The van der Waals surface area contributed by atoms with Crippen molar-refractivity contribution in [2.24, 2.45) is 5.92 Å². The molecule has 0 saturated carbocycles. The molecule has 1 atom stereocenters. The van der Waals surface area contributed by atoms with E-state index in [1.165, 1.54) is 6.07 Å². The minimum absolute atomic E-state index is 0.266. The van der Waals surface area contributed by atoms with Gasteiger partial charge < -0.3 is 15.0 Å². The van der Waals surface area contributed by atoms with E-state index in [1.807, 2.05) is 25.7 Å². The van der Waals surface area contributed by atoms with Gasteiger partial charge in [-0.25, -0.2) is 14.2 Å². The zero-order valence-electron chi connectivity index (χ0n) is 13.4. The molecule has 1 aromatic heterocycles. The van der Waals surface area contributed by atoms with Gasteiger partial charge in [0.1, 0.15) is 5.60 Å². The van der Waals surface area contributed by atoms with Gasteiger partial charge in [0, 0.05) is 25.8 Å². The van der Waals surface area contributed by atoms with E-state index in [0.29, 0.717) is 18.9 Å². The van der Waals surface area contributed by atoms with Gasteiger partial charge in [-0.3, -0.25) is 0 Å². The third-order valence-corrected chi connectivity index (χ3v) is 3.49. The highest BCUT2D eigenvalue weighted by molar-refractivity contribution is 5.67. The van der Waals surface area contributed by atoms with Crippen molar-refractivity contribution in [2.75, 3.05) is 24.5 Å². The van der Waals surface area contributed by atoms with Crippen LogP contribution in [-0.2, 0) is 4.74 Å². The van der Waals surface area contributed by atoms with Crippen LogP contribution in [0.4, 0.5) is 15.0 Å². The molecule has 22 heavy (non-hydrogen) atoms. The highest BCUT2D eigenvalue weighted by atomic mass is 19.1. The molecule has 1 aromatic rings. The van der Waals surface area contributed by atoms with Gasteiger partial charge in [0.25, 0.3) is 0 Å². The van der Waals surface area contributed by atoms with Crippen molar-refractivity contribution in [3.05, 3.63) is 24.1 Å². The Hall–Kier alpha value is -1.85. The molecule has 5 nitrogen and oxygen atoms in total. The number of hydrogen-bond acceptors (Lipinski definition) is 4. The van der Waals surface area contributed by atoms with Crippen molar-refractivity contribution in [3.8, 4) is 0 Å². The summed E-state index contributed by atoms with van der Waals surface area (Å²) < 4.78 is 19.0. The lowest BCUT2D eigenvalue weighted by atomic mass is 9.98. The summed E-state index contributed by atoms with van der Waals surface area (Å²) in [5.41, 5.74) is -0.500. The number of anilines is 1. The third-order valence-electron chi connectivity index (χ3n) is 3.49. The molecule has 0 bridgehead atoms. The Balaban J connectivity index is 1.86. The maximum absolute atomic E-state index is 13.8. The highest BCUT2D eigenvalue weighted by Crippen LogP contribution is 2.23. The average Bonchev–Trinajstić information content (AvgIpc) is 2.44. The Kier molecular flexibility index (Phi) is 5.21. The number of hydrogen-bond donors (Lipinski definition) is 1. The topological polar surface area (TPSA) is 54.5 Å². The molecular weight excluding hydrogens is 285 g/mol. The number of pyridine rings is 1. The zero-order chi connectivity index (χ0) is 16.2. The fraction of sp³-hybridized carbons (Fsp3) is 0.625. The van der Waals surface area contributed by atoms with Crippen molar-refractivity contribution in [2.45, 2.75) is 39.2 Å². The molecule has 0 unspecified atom stereocenters. The van der Waals surface area contributed by atoms with Crippen LogP contribution < -0.4 is 10.2 Å². The van der Waals surface area contributed by atoms with E-state index < -0.39 is 11.7 Å². The standard InChI is InChI=1S/C16H24FN3O2/c1-16(2,3)22-15(21)19-10-12-6-5-9-20(11-12)14-13(17)7-4-8-18-14/h4,7-8,12H,5-6,9-11H2,1-3H3,(H,19,21)/t12-/m0/s1. The van der Waals surface area contributed by atoms with Gasteiger partial charge in [0.05, 0.1) is 0 Å². The average molecular weight is 309 g/mol. The number of halogens is 1. The fourth-order valence-electron chi connectivity index (χ4n) is 2.58. The molecule has 1 fully saturated rings. The number of rotatable bonds is 3. The van der Waals surface area contributed by atoms with E-state index in [0.717, 1.165) is 19.4 Å². The van der Waals surface area contributed by atoms with Gasteiger partial charge in [-0.05, 0) is 51.7 Å². The second-order valence-corrected chi connectivity index (χ2v) is 6.65. The van der Waals surface area contributed by atoms with Crippen LogP contribution in [-0.4, -0.2) is 36.3 Å². The van der Waals surface area contributed by atoms with Gasteiger partial charge >= 0.3 is 6.09 Å².